The summed E-state index contributed by atoms with van der Waals surface area (Å²) in [6, 6.07) is 21.0. The number of aliphatic hydroxyl groups is 1. The summed E-state index contributed by atoms with van der Waals surface area (Å²) < 4.78 is 0. The van der Waals surface area contributed by atoms with Crippen LogP contribution >= 0.6 is 0 Å². The van der Waals surface area contributed by atoms with Crippen LogP contribution in [0, 0.1) is 75.5 Å². The largest absolute Gasteiger partial charge is 2.00 e. The Morgan fingerprint density at radius 3 is 1.97 bits per heavy atom. The van der Waals surface area contributed by atoms with Gasteiger partial charge in [-0.3, -0.25) is 4.90 Å². The molecule has 2 fully saturated rings. The summed E-state index contributed by atoms with van der Waals surface area (Å²) >= 11 is 0. The topological polar surface area (TPSA) is 23.5 Å². The van der Waals surface area contributed by atoms with Crippen molar-refractivity contribution < 1.29 is 22.2 Å². The summed E-state index contributed by atoms with van der Waals surface area (Å²) in [6.07, 6.45) is 24.9. The number of unbranched alkanes of at least 4 members (excludes halogenated alkanes) is 3. The van der Waals surface area contributed by atoms with Gasteiger partial charge < -0.3 is 5.11 Å². The molecule has 4 rings (SSSR count). The first-order chi connectivity index (χ1) is 18.3. The summed E-state index contributed by atoms with van der Waals surface area (Å²) in [7, 11) is 0. The average Bonchev–Trinajstić information content (AvgIpc) is 3.69. The van der Waals surface area contributed by atoms with Crippen LogP contribution in [-0.2, 0) is 23.5 Å². The zero-order valence-corrected chi connectivity index (χ0v) is 23.6. The first-order valence-electron chi connectivity index (χ1n) is 13.6. The Labute approximate surface area is 244 Å². The van der Waals surface area contributed by atoms with Crippen LogP contribution in [0.3, 0.4) is 0 Å². The van der Waals surface area contributed by atoms with Crippen molar-refractivity contribution in [2.24, 2.45) is 0 Å². The van der Waals surface area contributed by atoms with Gasteiger partial charge in [-0.15, -0.1) is 5.92 Å². The molecule has 2 aliphatic carbocycles. The van der Waals surface area contributed by atoms with Crippen molar-refractivity contribution in [3.8, 4) is 11.8 Å². The molecule has 0 aromatic heterocycles. The summed E-state index contributed by atoms with van der Waals surface area (Å²) in [5, 5.41) is 10.5. The third-order valence-corrected chi connectivity index (χ3v) is 6.53. The molecule has 3 heteroatoms. The van der Waals surface area contributed by atoms with Gasteiger partial charge in [0, 0.05) is 13.0 Å². The van der Waals surface area contributed by atoms with E-state index in [4.69, 9.17) is 0 Å². The molecule has 0 heterocycles. The normalized spacial score (nSPS) is 16.6. The van der Waals surface area contributed by atoms with Crippen LogP contribution < -0.4 is 0 Å². The Bertz CT molecular complexity index is 873. The van der Waals surface area contributed by atoms with Crippen molar-refractivity contribution in [1.29, 1.82) is 0 Å². The van der Waals surface area contributed by atoms with Gasteiger partial charge in [-0.05, 0) is 94.1 Å². The van der Waals surface area contributed by atoms with E-state index in [1.807, 2.05) is 50.3 Å². The summed E-state index contributed by atoms with van der Waals surface area (Å²) in [6.45, 7) is 3.07. The van der Waals surface area contributed by atoms with E-state index in [1.54, 1.807) is 0 Å². The maximum Gasteiger partial charge on any atom is 2.00 e. The fourth-order valence-corrected chi connectivity index (χ4v) is 4.49. The Morgan fingerprint density at radius 2 is 1.39 bits per heavy atom. The van der Waals surface area contributed by atoms with E-state index in [1.165, 1.54) is 24.3 Å². The number of hydrogen-bond acceptors (Lipinski definition) is 2. The molecule has 2 nitrogen and oxygen atoms in total. The van der Waals surface area contributed by atoms with Gasteiger partial charge in [0.15, 0.2) is 0 Å². The van der Waals surface area contributed by atoms with Crippen molar-refractivity contribution in [2.75, 3.05) is 13.2 Å². The minimum absolute atomic E-state index is 0. The molecule has 0 amide bonds. The molecule has 2 aromatic carbocycles. The molecule has 2 aliphatic rings. The van der Waals surface area contributed by atoms with Gasteiger partial charge in [-0.2, -0.15) is 0 Å². The summed E-state index contributed by atoms with van der Waals surface area (Å²) in [5.41, 5.74) is 2.47. The zero-order chi connectivity index (χ0) is 26.0. The number of nitrogens with zero attached hydrogens (tertiary/aromatic N) is 1. The Kier molecular flexibility index (Phi) is 17.5. The van der Waals surface area contributed by atoms with E-state index < -0.39 is 0 Å². The Morgan fingerprint density at radius 1 is 0.789 bits per heavy atom. The van der Waals surface area contributed by atoms with Crippen LogP contribution in [0.2, 0.25) is 0 Å². The van der Waals surface area contributed by atoms with Crippen LogP contribution in [-0.4, -0.2) is 29.2 Å². The zero-order valence-electron chi connectivity index (χ0n) is 22.5. The second kappa shape index (κ2) is 20.4. The predicted molar refractivity (Wildman–Crippen MR) is 155 cm³/mol. The third-order valence-electron chi connectivity index (χ3n) is 6.53. The predicted octanol–water partition coefficient (Wildman–Crippen LogP) is 7.03. The van der Waals surface area contributed by atoms with Gasteiger partial charge in [0.05, 0.1) is 18.7 Å². The fraction of sp³-hybridized carbons (Fsp3) is 0.314. The van der Waals surface area contributed by atoms with Crippen LogP contribution in [0.25, 0.3) is 0 Å². The SMILES string of the molecule is CCCCCC#C[C@@H](CCc1ccccc1)N(C[C]1[CH][CH][CH][CH]1)[C@@H](CO)c1ccccc1.[CH]1[CH][CH][CH][CH]1.[Fe+2]. The van der Waals surface area contributed by atoms with E-state index in [-0.39, 0.29) is 35.8 Å². The molecule has 0 spiro atoms. The second-order valence-electron chi connectivity index (χ2n) is 9.36. The molecule has 1 N–H and O–H groups in total. The number of hydrogen-bond donors (Lipinski definition) is 1. The molecule has 198 valence electrons. The Hall–Kier alpha value is -1.56. The molecule has 10 radical (unpaired) electrons. The third kappa shape index (κ3) is 12.1. The van der Waals surface area contributed by atoms with Crippen LogP contribution in [0.5, 0.6) is 0 Å². The molecule has 0 aliphatic heterocycles. The number of aryl methyl sites for hydroxylation is 1. The quantitative estimate of drug-likeness (QED) is 0.175. The number of benzene rings is 2. The number of rotatable bonds is 12. The second-order valence-corrected chi connectivity index (χ2v) is 9.36. The molecule has 0 bridgehead atoms. The molecule has 2 saturated carbocycles. The van der Waals surface area contributed by atoms with Crippen LogP contribution in [0.4, 0.5) is 0 Å². The molecule has 0 saturated heterocycles. The molecular formula is C35H41FeNO+2. The molecule has 0 unspecified atom stereocenters. The average molecular weight is 548 g/mol. The smallest absolute Gasteiger partial charge is 0.394 e. The van der Waals surface area contributed by atoms with E-state index in [0.717, 1.165) is 37.8 Å². The van der Waals surface area contributed by atoms with E-state index in [9.17, 15) is 5.11 Å². The van der Waals surface area contributed by atoms with E-state index in [2.05, 4.69) is 91.8 Å². The number of aliphatic hydroxyl groups excluding tert-OH is 1. The minimum Gasteiger partial charge on any atom is -0.394 e. The van der Waals surface area contributed by atoms with Gasteiger partial charge in [-0.1, -0.05) is 86.3 Å². The maximum absolute atomic E-state index is 10.5. The van der Waals surface area contributed by atoms with E-state index >= 15 is 0 Å². The minimum atomic E-state index is -0.0863. The molecular weight excluding hydrogens is 506 g/mol. The van der Waals surface area contributed by atoms with Crippen molar-refractivity contribution in [3.63, 3.8) is 0 Å². The van der Waals surface area contributed by atoms with Crippen molar-refractivity contribution in [2.45, 2.75) is 57.5 Å². The Balaban J connectivity index is 0.000000756. The van der Waals surface area contributed by atoms with E-state index in [0.29, 0.717) is 0 Å². The van der Waals surface area contributed by atoms with Crippen molar-refractivity contribution in [3.05, 3.63) is 135 Å². The van der Waals surface area contributed by atoms with Gasteiger partial charge in [-0.25, -0.2) is 0 Å². The monoisotopic (exact) mass is 547 g/mol. The van der Waals surface area contributed by atoms with Crippen LogP contribution in [0.1, 0.15) is 56.2 Å². The van der Waals surface area contributed by atoms with Gasteiger partial charge >= 0.3 is 17.1 Å². The molecule has 2 atom stereocenters. The first-order valence-corrected chi connectivity index (χ1v) is 13.6. The van der Waals surface area contributed by atoms with Gasteiger partial charge in [0.2, 0.25) is 0 Å². The van der Waals surface area contributed by atoms with Crippen molar-refractivity contribution in [1.82, 2.24) is 4.90 Å². The molecule has 38 heavy (non-hydrogen) atoms. The fourth-order valence-electron chi connectivity index (χ4n) is 4.49. The van der Waals surface area contributed by atoms with Crippen LogP contribution in [0.15, 0.2) is 60.7 Å². The van der Waals surface area contributed by atoms with Gasteiger partial charge in [0.25, 0.3) is 0 Å². The first kappa shape index (κ1) is 32.7. The standard InChI is InChI=1S/C30H36NO.C5H5.Fe/c1-2-3-4-5-12-21-29(23-22-26-15-8-6-9-16-26)31(24-27-17-13-14-18-27)30(25-32)28-19-10-7-11-20-28;1-2-4-5-3-1;/h6-11,13-20,29-30,32H,2-5,22-25H2,1H3;1-5H;/q;;+2/t29-,30-;;/m0../s1. The van der Waals surface area contributed by atoms with Gasteiger partial charge in [0.1, 0.15) is 0 Å². The summed E-state index contributed by atoms with van der Waals surface area (Å²) in [4.78, 5) is 2.40. The molecule has 2 aromatic rings. The van der Waals surface area contributed by atoms with Crippen molar-refractivity contribution >= 4 is 0 Å². The summed E-state index contributed by atoms with van der Waals surface area (Å²) in [5.74, 6) is 8.35. The maximum atomic E-state index is 10.5.